The number of hydrogen-bond acceptors (Lipinski definition) is 6. The highest BCUT2D eigenvalue weighted by Crippen LogP contribution is 2.32. The van der Waals surface area contributed by atoms with Gasteiger partial charge in [-0.2, -0.15) is 0 Å². The standard InChI is InChI=1S/C30H48N2O6/c1-19(2)22(15-21-11-12-25(36-9)27(16-21)37-14-10-13-35-8)17-24(31-29(34)32-30(5,6)7)26-18-23(20(3)4)28(33)38-26/h11-12,16,18-20,22,24,26H,10,13-15,17H2,1-9H3,(H2,31,32,34)/t22-,24-,26-/m0/s1. The normalized spacial score (nSPS) is 17.2. The summed E-state index contributed by atoms with van der Waals surface area (Å²) < 4.78 is 22.4. The first kappa shape index (κ1) is 31.5. The average Bonchev–Trinajstić information content (AvgIpc) is 3.21. The summed E-state index contributed by atoms with van der Waals surface area (Å²) in [6, 6.07) is 5.37. The maximum Gasteiger partial charge on any atom is 0.334 e. The molecule has 1 aliphatic heterocycles. The number of esters is 1. The van der Waals surface area contributed by atoms with Crippen molar-refractivity contribution in [2.24, 2.45) is 17.8 Å². The van der Waals surface area contributed by atoms with Gasteiger partial charge in [-0.25, -0.2) is 9.59 Å². The SMILES string of the molecule is COCCCOc1cc(C[C@@H](C[C@H](NC(=O)NC(C)(C)C)[C@@H]2C=C(C(C)C)C(=O)O2)C(C)C)ccc1OC. The molecule has 0 bridgehead atoms. The maximum atomic E-state index is 12.9. The van der Waals surface area contributed by atoms with Gasteiger partial charge in [0.05, 0.1) is 19.8 Å². The van der Waals surface area contributed by atoms with Gasteiger partial charge in [0, 0.05) is 31.2 Å². The predicted octanol–water partition coefficient (Wildman–Crippen LogP) is 5.29. The molecule has 0 radical (unpaired) electrons. The summed E-state index contributed by atoms with van der Waals surface area (Å²) >= 11 is 0. The van der Waals surface area contributed by atoms with Crippen LogP contribution in [0.4, 0.5) is 4.79 Å². The van der Waals surface area contributed by atoms with Crippen molar-refractivity contribution < 1.29 is 28.5 Å². The van der Waals surface area contributed by atoms with Gasteiger partial charge < -0.3 is 29.6 Å². The summed E-state index contributed by atoms with van der Waals surface area (Å²) in [6.45, 7) is 15.3. The number of ether oxygens (including phenoxy) is 4. The van der Waals surface area contributed by atoms with Crippen molar-refractivity contribution in [2.45, 2.75) is 85.4 Å². The van der Waals surface area contributed by atoms with E-state index in [1.165, 1.54) is 0 Å². The molecule has 2 rings (SSSR count). The van der Waals surface area contributed by atoms with Gasteiger partial charge in [-0.05, 0) is 75.1 Å². The van der Waals surface area contributed by atoms with Gasteiger partial charge in [-0.15, -0.1) is 0 Å². The third-order valence-electron chi connectivity index (χ3n) is 6.62. The van der Waals surface area contributed by atoms with E-state index < -0.39 is 6.10 Å². The highest BCUT2D eigenvalue weighted by molar-refractivity contribution is 5.91. The topological polar surface area (TPSA) is 95.1 Å². The Morgan fingerprint density at radius 3 is 2.34 bits per heavy atom. The van der Waals surface area contributed by atoms with Crippen molar-refractivity contribution >= 4 is 12.0 Å². The number of methoxy groups -OCH3 is 2. The van der Waals surface area contributed by atoms with Crippen LogP contribution < -0.4 is 20.1 Å². The third kappa shape index (κ3) is 9.86. The fourth-order valence-electron chi connectivity index (χ4n) is 4.48. The van der Waals surface area contributed by atoms with E-state index in [1.54, 1.807) is 14.2 Å². The Balaban J connectivity index is 2.26. The van der Waals surface area contributed by atoms with E-state index in [0.29, 0.717) is 42.6 Å². The van der Waals surface area contributed by atoms with Crippen molar-refractivity contribution in [3.63, 3.8) is 0 Å². The fraction of sp³-hybridized carbons (Fsp3) is 0.667. The minimum Gasteiger partial charge on any atom is -0.493 e. The number of urea groups is 1. The van der Waals surface area contributed by atoms with Crippen LogP contribution in [0.5, 0.6) is 11.5 Å². The lowest BCUT2D eigenvalue weighted by molar-refractivity contribution is -0.141. The highest BCUT2D eigenvalue weighted by atomic mass is 16.5. The molecule has 3 atom stereocenters. The van der Waals surface area contributed by atoms with E-state index in [2.05, 4.69) is 30.5 Å². The lowest BCUT2D eigenvalue weighted by Crippen LogP contribution is -2.53. The largest absolute Gasteiger partial charge is 0.493 e. The smallest absolute Gasteiger partial charge is 0.334 e. The Hall–Kier alpha value is -2.74. The molecule has 0 aliphatic carbocycles. The van der Waals surface area contributed by atoms with Crippen molar-refractivity contribution in [1.29, 1.82) is 0 Å². The molecule has 8 nitrogen and oxygen atoms in total. The molecule has 0 unspecified atom stereocenters. The molecule has 38 heavy (non-hydrogen) atoms. The van der Waals surface area contributed by atoms with Crippen molar-refractivity contribution in [3.05, 3.63) is 35.4 Å². The fourth-order valence-corrected chi connectivity index (χ4v) is 4.48. The molecule has 0 spiro atoms. The second kappa shape index (κ2) is 14.4. The Bertz CT molecular complexity index is 951. The Morgan fingerprint density at radius 2 is 1.79 bits per heavy atom. The van der Waals surface area contributed by atoms with Crippen LogP contribution in [-0.4, -0.2) is 57.1 Å². The molecular formula is C30H48N2O6. The van der Waals surface area contributed by atoms with Crippen LogP contribution in [-0.2, 0) is 20.7 Å². The van der Waals surface area contributed by atoms with Gasteiger partial charge in [0.15, 0.2) is 11.5 Å². The zero-order chi connectivity index (χ0) is 28.5. The number of carbonyl (C=O) groups is 2. The number of nitrogens with one attached hydrogen (secondary N) is 2. The minimum absolute atomic E-state index is 0.0547. The zero-order valence-corrected chi connectivity index (χ0v) is 24.7. The monoisotopic (exact) mass is 532 g/mol. The zero-order valence-electron chi connectivity index (χ0n) is 24.7. The summed E-state index contributed by atoms with van der Waals surface area (Å²) in [5, 5.41) is 6.08. The van der Waals surface area contributed by atoms with Crippen LogP contribution in [0.15, 0.2) is 29.8 Å². The number of benzene rings is 1. The van der Waals surface area contributed by atoms with Gasteiger partial charge in [-0.1, -0.05) is 33.8 Å². The third-order valence-corrected chi connectivity index (χ3v) is 6.62. The first-order chi connectivity index (χ1) is 17.8. The van der Waals surface area contributed by atoms with E-state index in [1.807, 2.05) is 52.8 Å². The molecule has 2 amide bonds. The Morgan fingerprint density at radius 1 is 1.08 bits per heavy atom. The minimum atomic E-state index is -0.512. The van der Waals surface area contributed by atoms with Crippen LogP contribution in [0.1, 0.15) is 66.9 Å². The van der Waals surface area contributed by atoms with Crippen LogP contribution in [0.2, 0.25) is 0 Å². The molecular weight excluding hydrogens is 484 g/mol. The van der Waals surface area contributed by atoms with Crippen molar-refractivity contribution in [2.75, 3.05) is 27.4 Å². The molecule has 1 aromatic carbocycles. The van der Waals surface area contributed by atoms with Crippen LogP contribution in [0, 0.1) is 17.8 Å². The van der Waals surface area contributed by atoms with Crippen LogP contribution in [0.25, 0.3) is 0 Å². The predicted molar refractivity (Wildman–Crippen MR) is 150 cm³/mol. The lowest BCUT2D eigenvalue weighted by Gasteiger charge is -2.31. The molecule has 1 aromatic rings. The van der Waals surface area contributed by atoms with Gasteiger partial charge in [0.1, 0.15) is 6.10 Å². The highest BCUT2D eigenvalue weighted by Gasteiger charge is 2.36. The number of hydrogen-bond donors (Lipinski definition) is 2. The molecule has 1 heterocycles. The van der Waals surface area contributed by atoms with E-state index >= 15 is 0 Å². The summed E-state index contributed by atoms with van der Waals surface area (Å²) in [6.07, 6.45) is 3.57. The molecule has 2 N–H and O–H groups in total. The number of amides is 2. The molecule has 214 valence electrons. The van der Waals surface area contributed by atoms with E-state index in [0.717, 1.165) is 18.4 Å². The quantitative estimate of drug-likeness (QED) is 0.250. The van der Waals surface area contributed by atoms with Gasteiger partial charge in [0.25, 0.3) is 0 Å². The van der Waals surface area contributed by atoms with Crippen molar-refractivity contribution in [3.8, 4) is 11.5 Å². The first-order valence-corrected chi connectivity index (χ1v) is 13.6. The molecule has 0 aromatic heterocycles. The van der Waals surface area contributed by atoms with Crippen LogP contribution in [0.3, 0.4) is 0 Å². The molecule has 0 saturated carbocycles. The molecule has 0 saturated heterocycles. The molecule has 1 aliphatic rings. The molecule has 0 fully saturated rings. The number of carbonyl (C=O) groups excluding carboxylic acids is 2. The second-order valence-electron chi connectivity index (χ2n) is 11.7. The Kier molecular flexibility index (Phi) is 11.9. The summed E-state index contributed by atoms with van der Waals surface area (Å²) in [7, 11) is 3.31. The second-order valence-corrected chi connectivity index (χ2v) is 11.7. The van der Waals surface area contributed by atoms with Gasteiger partial charge >= 0.3 is 12.0 Å². The lowest BCUT2D eigenvalue weighted by atomic mass is 9.82. The maximum absolute atomic E-state index is 12.9. The number of cyclic esters (lactones) is 1. The number of rotatable bonds is 14. The van der Waals surface area contributed by atoms with E-state index in [-0.39, 0.29) is 35.4 Å². The van der Waals surface area contributed by atoms with E-state index in [4.69, 9.17) is 18.9 Å². The van der Waals surface area contributed by atoms with Crippen molar-refractivity contribution in [1.82, 2.24) is 10.6 Å². The van der Waals surface area contributed by atoms with Gasteiger partial charge in [0.2, 0.25) is 0 Å². The summed E-state index contributed by atoms with van der Waals surface area (Å²) in [4.78, 5) is 25.4. The van der Waals surface area contributed by atoms with E-state index in [9.17, 15) is 9.59 Å². The average molecular weight is 533 g/mol. The van der Waals surface area contributed by atoms with Crippen LogP contribution >= 0.6 is 0 Å². The first-order valence-electron chi connectivity index (χ1n) is 13.6. The Labute approximate surface area is 228 Å². The van der Waals surface area contributed by atoms with Gasteiger partial charge in [-0.3, -0.25) is 0 Å². The molecule has 8 heteroatoms. The summed E-state index contributed by atoms with van der Waals surface area (Å²) in [5.41, 5.74) is 1.38. The summed E-state index contributed by atoms with van der Waals surface area (Å²) in [5.74, 6) is 1.68.